The highest BCUT2D eigenvalue weighted by Crippen LogP contribution is 2.28. The van der Waals surface area contributed by atoms with Crippen molar-refractivity contribution in [3.63, 3.8) is 0 Å². The smallest absolute Gasteiger partial charge is 0.347 e. The number of halogens is 1. The fourth-order valence-electron chi connectivity index (χ4n) is 1.55. The number of hydrogen-bond donors (Lipinski definition) is 1. The fourth-order valence-corrected chi connectivity index (χ4v) is 3.69. The number of aromatic nitrogens is 1. The van der Waals surface area contributed by atoms with Gasteiger partial charge in [-0.25, -0.2) is 9.78 Å². The zero-order valence-corrected chi connectivity index (χ0v) is 13.4. The number of thioether (sulfide) groups is 1. The van der Waals surface area contributed by atoms with Gasteiger partial charge in [0.25, 0.3) is 0 Å². The summed E-state index contributed by atoms with van der Waals surface area (Å²) >= 11 is 6.33. The molecule has 0 spiro atoms. The summed E-state index contributed by atoms with van der Waals surface area (Å²) in [5.41, 5.74) is 0.684. The Hall–Kier alpha value is -0.850. The van der Waals surface area contributed by atoms with Crippen molar-refractivity contribution < 1.29 is 9.90 Å². The first-order valence-electron chi connectivity index (χ1n) is 5.70. The van der Waals surface area contributed by atoms with Crippen molar-refractivity contribution in [2.24, 2.45) is 0 Å². The molecule has 0 unspecified atom stereocenters. The van der Waals surface area contributed by atoms with Crippen molar-refractivity contribution in [3.8, 4) is 0 Å². The summed E-state index contributed by atoms with van der Waals surface area (Å²) in [7, 11) is 0. The molecule has 1 aromatic carbocycles. The van der Waals surface area contributed by atoms with Crippen molar-refractivity contribution >= 4 is 45.0 Å². The molecule has 0 saturated carbocycles. The third-order valence-electron chi connectivity index (χ3n) is 2.45. The van der Waals surface area contributed by atoms with E-state index in [0.29, 0.717) is 22.7 Å². The van der Waals surface area contributed by atoms with Crippen LogP contribution in [-0.4, -0.2) is 16.1 Å². The molecular weight excluding hydrogens is 346 g/mol. The monoisotopic (exact) mass is 357 g/mol. The predicted octanol–water partition coefficient (Wildman–Crippen LogP) is 4.46. The van der Waals surface area contributed by atoms with E-state index in [1.165, 1.54) is 11.3 Å². The number of benzene rings is 1. The van der Waals surface area contributed by atoms with Crippen LogP contribution in [0.2, 0.25) is 0 Å². The lowest BCUT2D eigenvalue weighted by molar-refractivity contribution is 0.0701. The summed E-state index contributed by atoms with van der Waals surface area (Å²) < 4.78 is 1.05. The molecule has 6 heteroatoms. The molecule has 0 aliphatic rings. The number of nitrogens with zero attached hydrogens (tertiary/aromatic N) is 1. The molecule has 0 aliphatic heterocycles. The SMILES string of the molecule is CCc1nc(CSc2ccc(Br)cc2)sc1C(=O)O. The standard InChI is InChI=1S/C13H12BrNO2S2/c1-2-10-12(13(16)17)19-11(15-10)7-18-9-5-3-8(14)4-6-9/h3-6H,2,7H2,1H3,(H,16,17). The third-order valence-corrected chi connectivity index (χ3v) is 5.27. The summed E-state index contributed by atoms with van der Waals surface area (Å²) in [5.74, 6) is -0.179. The topological polar surface area (TPSA) is 50.2 Å². The molecule has 0 aliphatic carbocycles. The Balaban J connectivity index is 2.07. The van der Waals surface area contributed by atoms with Gasteiger partial charge in [0.2, 0.25) is 0 Å². The van der Waals surface area contributed by atoms with Gasteiger partial charge in [-0.1, -0.05) is 22.9 Å². The van der Waals surface area contributed by atoms with E-state index in [2.05, 4.69) is 20.9 Å². The van der Waals surface area contributed by atoms with Crippen molar-refractivity contribution in [2.75, 3.05) is 0 Å². The molecular formula is C13H12BrNO2S2. The minimum absolute atomic E-state index is 0.369. The average Bonchev–Trinajstić information content (AvgIpc) is 2.81. The van der Waals surface area contributed by atoms with Crippen LogP contribution in [0, 0.1) is 0 Å². The van der Waals surface area contributed by atoms with E-state index >= 15 is 0 Å². The Bertz CT molecular complexity index is 581. The summed E-state index contributed by atoms with van der Waals surface area (Å²) in [6, 6.07) is 8.04. The predicted molar refractivity (Wildman–Crippen MR) is 82.2 cm³/mol. The number of carboxylic acids is 1. The maximum Gasteiger partial charge on any atom is 0.347 e. The summed E-state index contributed by atoms with van der Waals surface area (Å²) in [6.07, 6.45) is 0.654. The molecule has 0 fully saturated rings. The van der Waals surface area contributed by atoms with Crippen LogP contribution in [0.1, 0.15) is 27.3 Å². The van der Waals surface area contributed by atoms with E-state index in [0.717, 1.165) is 14.4 Å². The number of aryl methyl sites for hydroxylation is 1. The van der Waals surface area contributed by atoms with Crippen LogP contribution in [-0.2, 0) is 12.2 Å². The Labute approximate surface area is 128 Å². The van der Waals surface area contributed by atoms with Crippen molar-refractivity contribution in [2.45, 2.75) is 24.0 Å². The zero-order valence-electron chi connectivity index (χ0n) is 10.2. The average molecular weight is 358 g/mol. The Morgan fingerprint density at radius 2 is 2.11 bits per heavy atom. The van der Waals surface area contributed by atoms with Gasteiger partial charge in [-0.2, -0.15) is 0 Å². The number of aromatic carboxylic acids is 1. The highest BCUT2D eigenvalue weighted by atomic mass is 79.9. The van der Waals surface area contributed by atoms with Crippen LogP contribution in [0.15, 0.2) is 33.6 Å². The normalized spacial score (nSPS) is 10.6. The first-order chi connectivity index (χ1) is 9.10. The lowest BCUT2D eigenvalue weighted by atomic mass is 10.3. The quantitative estimate of drug-likeness (QED) is 0.802. The molecule has 100 valence electrons. The maximum absolute atomic E-state index is 11.1. The zero-order chi connectivity index (χ0) is 13.8. The molecule has 3 nitrogen and oxygen atoms in total. The molecule has 0 amide bonds. The van der Waals surface area contributed by atoms with Crippen molar-refractivity contribution in [3.05, 3.63) is 44.3 Å². The van der Waals surface area contributed by atoms with E-state index in [1.807, 2.05) is 31.2 Å². The van der Waals surface area contributed by atoms with Crippen LogP contribution >= 0.6 is 39.0 Å². The van der Waals surface area contributed by atoms with Gasteiger partial charge in [0.15, 0.2) is 0 Å². The minimum Gasteiger partial charge on any atom is -0.477 e. The number of carbonyl (C=O) groups is 1. The second-order valence-corrected chi connectivity index (χ2v) is 6.83. The Morgan fingerprint density at radius 1 is 1.42 bits per heavy atom. The van der Waals surface area contributed by atoms with Crippen molar-refractivity contribution in [1.82, 2.24) is 4.98 Å². The molecule has 0 atom stereocenters. The van der Waals surface area contributed by atoms with Crippen LogP contribution in [0.3, 0.4) is 0 Å². The Morgan fingerprint density at radius 3 is 2.63 bits per heavy atom. The molecule has 1 aromatic heterocycles. The highest BCUT2D eigenvalue weighted by Gasteiger charge is 2.15. The molecule has 1 N–H and O–H groups in total. The summed E-state index contributed by atoms with van der Waals surface area (Å²) in [5, 5.41) is 9.95. The first kappa shape index (κ1) is 14.6. The highest BCUT2D eigenvalue weighted by molar-refractivity contribution is 9.10. The Kier molecular flexibility index (Phi) is 5.01. The second kappa shape index (κ2) is 6.54. The van der Waals surface area contributed by atoms with Crippen LogP contribution < -0.4 is 0 Å². The largest absolute Gasteiger partial charge is 0.477 e. The van der Waals surface area contributed by atoms with E-state index in [1.54, 1.807) is 11.8 Å². The van der Waals surface area contributed by atoms with E-state index in [9.17, 15) is 4.79 Å². The van der Waals surface area contributed by atoms with E-state index < -0.39 is 5.97 Å². The number of thiazole rings is 1. The lowest BCUT2D eigenvalue weighted by Crippen LogP contribution is -1.97. The van der Waals surface area contributed by atoms with Gasteiger partial charge in [0.1, 0.15) is 9.88 Å². The second-order valence-electron chi connectivity index (χ2n) is 3.78. The molecule has 2 rings (SSSR count). The fraction of sp³-hybridized carbons (Fsp3) is 0.231. The number of carboxylic acid groups (broad SMARTS) is 1. The van der Waals surface area contributed by atoms with Crippen LogP contribution in [0.4, 0.5) is 0 Å². The van der Waals surface area contributed by atoms with Gasteiger partial charge in [-0.15, -0.1) is 23.1 Å². The van der Waals surface area contributed by atoms with Gasteiger partial charge in [0, 0.05) is 9.37 Å². The van der Waals surface area contributed by atoms with Gasteiger partial charge >= 0.3 is 5.97 Å². The van der Waals surface area contributed by atoms with Crippen molar-refractivity contribution in [1.29, 1.82) is 0 Å². The number of hydrogen-bond acceptors (Lipinski definition) is 4. The van der Waals surface area contributed by atoms with E-state index in [4.69, 9.17) is 5.11 Å². The van der Waals surface area contributed by atoms with E-state index in [-0.39, 0.29) is 0 Å². The van der Waals surface area contributed by atoms with Gasteiger partial charge in [-0.05, 0) is 30.7 Å². The summed E-state index contributed by atoms with van der Waals surface area (Å²) in [6.45, 7) is 1.92. The maximum atomic E-state index is 11.1. The molecule has 2 aromatic rings. The van der Waals surface area contributed by atoms with Crippen LogP contribution in [0.25, 0.3) is 0 Å². The minimum atomic E-state index is -0.880. The van der Waals surface area contributed by atoms with Gasteiger partial charge in [0.05, 0.1) is 11.4 Å². The summed E-state index contributed by atoms with van der Waals surface area (Å²) in [4.78, 5) is 17.0. The molecule has 0 bridgehead atoms. The molecule has 1 heterocycles. The lowest BCUT2D eigenvalue weighted by Gasteiger charge is -1.98. The molecule has 0 radical (unpaired) electrons. The number of rotatable bonds is 5. The molecule has 0 saturated heterocycles. The third kappa shape index (κ3) is 3.81. The van der Waals surface area contributed by atoms with Gasteiger partial charge < -0.3 is 5.11 Å². The molecule has 19 heavy (non-hydrogen) atoms. The first-order valence-corrected chi connectivity index (χ1v) is 8.30. The van der Waals surface area contributed by atoms with Gasteiger partial charge in [-0.3, -0.25) is 0 Å². The van der Waals surface area contributed by atoms with Crippen LogP contribution in [0.5, 0.6) is 0 Å².